The number of allylic oxidation sites excluding steroid dienone is 4. The van der Waals surface area contributed by atoms with Gasteiger partial charge in [0.25, 0.3) is 0 Å². The fraction of sp³-hybridized carbons (Fsp3) is 0.750. The van der Waals surface area contributed by atoms with Gasteiger partial charge in [0.1, 0.15) is 0 Å². The lowest BCUT2D eigenvalue weighted by molar-refractivity contribution is -0.301. The first-order valence-electron chi connectivity index (χ1n) is 9.25. The Kier molecular flexibility index (Phi) is 3.46. The first kappa shape index (κ1) is 17.3. The van der Waals surface area contributed by atoms with E-state index in [4.69, 9.17) is 0 Å². The Labute approximate surface area is 146 Å². The van der Waals surface area contributed by atoms with Crippen molar-refractivity contribution in [2.75, 3.05) is 0 Å². The second kappa shape index (κ2) is 4.99. The molecule has 0 saturated heterocycles. The summed E-state index contributed by atoms with van der Waals surface area (Å²) in [6.45, 7) is 3.81. The van der Waals surface area contributed by atoms with E-state index in [2.05, 4.69) is 6.92 Å². The number of hydrogen-bond acceptors (Lipinski definition) is 2. The van der Waals surface area contributed by atoms with Crippen LogP contribution in [0.3, 0.4) is 0 Å². The van der Waals surface area contributed by atoms with Crippen molar-refractivity contribution in [3.8, 4) is 0 Å². The maximum Gasteiger partial charge on any atom is 0.417 e. The molecule has 6 atom stereocenters. The Morgan fingerprint density at radius 3 is 2.48 bits per heavy atom. The van der Waals surface area contributed by atoms with E-state index in [-0.39, 0.29) is 35.4 Å². The number of hydrogen-bond donors (Lipinski definition) is 1. The van der Waals surface area contributed by atoms with E-state index in [1.807, 2.05) is 12.2 Å². The highest BCUT2D eigenvalue weighted by Crippen LogP contribution is 2.68. The number of aliphatic hydroxyl groups is 1. The molecule has 4 rings (SSSR count). The van der Waals surface area contributed by atoms with Gasteiger partial charge in [0.15, 0.2) is 11.4 Å². The first-order valence-corrected chi connectivity index (χ1v) is 9.25. The topological polar surface area (TPSA) is 37.3 Å². The smallest absolute Gasteiger partial charge is 0.380 e. The summed E-state index contributed by atoms with van der Waals surface area (Å²) in [5, 5.41) is 10.6. The SMILES string of the molecule is C[C@]12CCC(=O)C=C1C=C[C@@H]1[C@@H]2CC[C@@]2(C)[C@H]1CCC2(O)C(F)(F)F. The highest BCUT2D eigenvalue weighted by Gasteiger charge is 2.72. The van der Waals surface area contributed by atoms with Crippen molar-refractivity contribution in [2.45, 2.75) is 64.1 Å². The lowest BCUT2D eigenvalue weighted by atomic mass is 9.48. The number of alkyl halides is 3. The molecule has 0 amide bonds. The quantitative estimate of drug-likeness (QED) is 0.691. The lowest BCUT2D eigenvalue weighted by Gasteiger charge is -2.57. The summed E-state index contributed by atoms with van der Waals surface area (Å²) in [5.74, 6) is 0.282. The third-order valence-electron chi connectivity index (χ3n) is 8.14. The fourth-order valence-corrected chi connectivity index (χ4v) is 6.48. The highest BCUT2D eigenvalue weighted by atomic mass is 19.4. The van der Waals surface area contributed by atoms with Crippen LogP contribution in [0.25, 0.3) is 0 Å². The average molecular weight is 354 g/mol. The predicted octanol–water partition coefficient (Wildman–Crippen LogP) is 4.59. The van der Waals surface area contributed by atoms with E-state index in [1.165, 1.54) is 0 Å². The molecule has 4 aliphatic rings. The van der Waals surface area contributed by atoms with E-state index in [0.29, 0.717) is 25.7 Å². The molecule has 138 valence electrons. The summed E-state index contributed by atoms with van der Waals surface area (Å²) in [7, 11) is 0. The molecular formula is C20H25F3O2. The molecular weight excluding hydrogens is 329 g/mol. The number of carbonyl (C=O) groups is 1. The van der Waals surface area contributed by atoms with E-state index in [0.717, 1.165) is 12.0 Å². The molecule has 0 aromatic rings. The lowest BCUT2D eigenvalue weighted by Crippen LogP contribution is -2.59. The molecule has 0 radical (unpaired) electrons. The number of halogens is 3. The molecule has 25 heavy (non-hydrogen) atoms. The Morgan fingerprint density at radius 2 is 1.80 bits per heavy atom. The number of ketones is 1. The van der Waals surface area contributed by atoms with Crippen LogP contribution in [-0.2, 0) is 4.79 Å². The van der Waals surface area contributed by atoms with Crippen molar-refractivity contribution < 1.29 is 23.1 Å². The number of rotatable bonds is 0. The monoisotopic (exact) mass is 354 g/mol. The van der Waals surface area contributed by atoms with E-state index in [1.54, 1.807) is 13.0 Å². The zero-order valence-electron chi connectivity index (χ0n) is 14.7. The molecule has 0 aliphatic heterocycles. The van der Waals surface area contributed by atoms with Crippen LogP contribution < -0.4 is 0 Å². The Hall–Kier alpha value is -1.10. The maximum atomic E-state index is 13.7. The molecule has 5 heteroatoms. The zero-order valence-corrected chi connectivity index (χ0v) is 14.7. The maximum absolute atomic E-state index is 13.7. The van der Waals surface area contributed by atoms with Crippen molar-refractivity contribution in [2.24, 2.45) is 28.6 Å². The highest BCUT2D eigenvalue weighted by molar-refractivity contribution is 5.92. The number of fused-ring (bicyclic) bond motifs is 5. The first-order chi connectivity index (χ1) is 11.5. The molecule has 0 spiro atoms. The van der Waals surface area contributed by atoms with Crippen molar-refractivity contribution in [3.05, 3.63) is 23.8 Å². The van der Waals surface area contributed by atoms with Gasteiger partial charge in [0.05, 0.1) is 0 Å². The molecule has 0 aromatic carbocycles. The van der Waals surface area contributed by atoms with Crippen molar-refractivity contribution >= 4 is 5.78 Å². The summed E-state index contributed by atoms with van der Waals surface area (Å²) in [6, 6.07) is 0. The van der Waals surface area contributed by atoms with Gasteiger partial charge in [0, 0.05) is 11.8 Å². The second-order valence-corrected chi connectivity index (χ2v) is 8.99. The van der Waals surface area contributed by atoms with Crippen LogP contribution in [0.5, 0.6) is 0 Å². The Balaban J connectivity index is 1.75. The van der Waals surface area contributed by atoms with Gasteiger partial charge in [0.2, 0.25) is 0 Å². The van der Waals surface area contributed by atoms with Crippen LogP contribution in [0.1, 0.15) is 52.4 Å². The van der Waals surface area contributed by atoms with Crippen molar-refractivity contribution in [3.63, 3.8) is 0 Å². The Morgan fingerprint density at radius 1 is 1.12 bits per heavy atom. The molecule has 0 aromatic heterocycles. The molecule has 2 nitrogen and oxygen atoms in total. The largest absolute Gasteiger partial charge is 0.417 e. The average Bonchev–Trinajstić information content (AvgIpc) is 2.81. The summed E-state index contributed by atoms with van der Waals surface area (Å²) >= 11 is 0. The minimum atomic E-state index is -4.59. The van der Waals surface area contributed by atoms with Crippen LogP contribution in [-0.4, -0.2) is 22.7 Å². The van der Waals surface area contributed by atoms with Gasteiger partial charge in [-0.3, -0.25) is 4.79 Å². The summed E-state index contributed by atoms with van der Waals surface area (Å²) in [6.07, 6.45) is 3.69. The van der Waals surface area contributed by atoms with Gasteiger partial charge in [-0.05, 0) is 66.9 Å². The van der Waals surface area contributed by atoms with Gasteiger partial charge in [-0.15, -0.1) is 0 Å². The molecule has 0 bridgehead atoms. The van der Waals surface area contributed by atoms with E-state index in [9.17, 15) is 23.1 Å². The standard InChI is InChI=1S/C20H25F3O2/c1-17-8-5-13(24)11-12(17)3-4-14-15(17)6-9-18(2)16(14)7-10-19(18,25)20(21,22)23/h3-4,11,14-16,25H,5-10H2,1-2H3/t14-,15+,16+,17+,18+,19?/m1/s1. The van der Waals surface area contributed by atoms with Crippen LogP contribution in [0.15, 0.2) is 23.8 Å². The Bertz CT molecular complexity index is 679. The van der Waals surface area contributed by atoms with E-state index >= 15 is 0 Å². The van der Waals surface area contributed by atoms with Gasteiger partial charge in [-0.2, -0.15) is 13.2 Å². The van der Waals surface area contributed by atoms with Gasteiger partial charge in [-0.25, -0.2) is 0 Å². The summed E-state index contributed by atoms with van der Waals surface area (Å²) < 4.78 is 41.0. The minimum absolute atomic E-state index is 0.0467. The number of carbonyl (C=O) groups excluding carboxylic acids is 1. The van der Waals surface area contributed by atoms with Crippen LogP contribution in [0, 0.1) is 28.6 Å². The van der Waals surface area contributed by atoms with Crippen LogP contribution >= 0.6 is 0 Å². The molecule has 0 heterocycles. The van der Waals surface area contributed by atoms with Crippen LogP contribution in [0.4, 0.5) is 13.2 Å². The molecule has 1 unspecified atom stereocenters. The zero-order chi connectivity index (χ0) is 18.3. The van der Waals surface area contributed by atoms with Gasteiger partial charge in [-0.1, -0.05) is 26.0 Å². The van der Waals surface area contributed by atoms with Gasteiger partial charge < -0.3 is 5.11 Å². The normalized spacial score (nSPS) is 49.3. The predicted molar refractivity (Wildman–Crippen MR) is 87.6 cm³/mol. The van der Waals surface area contributed by atoms with Crippen molar-refractivity contribution in [1.29, 1.82) is 0 Å². The molecule has 2 fully saturated rings. The second-order valence-electron chi connectivity index (χ2n) is 8.99. The third kappa shape index (κ3) is 2.05. The third-order valence-corrected chi connectivity index (χ3v) is 8.14. The molecule has 4 aliphatic carbocycles. The molecule has 2 saturated carbocycles. The van der Waals surface area contributed by atoms with E-state index < -0.39 is 17.2 Å². The summed E-state index contributed by atoms with van der Waals surface area (Å²) in [4.78, 5) is 11.8. The fourth-order valence-electron chi connectivity index (χ4n) is 6.48. The summed E-state index contributed by atoms with van der Waals surface area (Å²) in [5.41, 5.74) is -2.80. The minimum Gasteiger partial charge on any atom is -0.380 e. The van der Waals surface area contributed by atoms with Crippen molar-refractivity contribution in [1.82, 2.24) is 0 Å². The van der Waals surface area contributed by atoms with Crippen LogP contribution in [0.2, 0.25) is 0 Å². The van der Waals surface area contributed by atoms with Gasteiger partial charge >= 0.3 is 6.18 Å². The molecule has 1 N–H and O–H groups in total.